The highest BCUT2D eigenvalue weighted by atomic mass is 35.5. The van der Waals surface area contributed by atoms with Gasteiger partial charge in [-0.15, -0.1) is 23.4 Å². The van der Waals surface area contributed by atoms with Crippen molar-refractivity contribution in [1.82, 2.24) is 9.55 Å². The van der Waals surface area contributed by atoms with E-state index in [1.807, 2.05) is 12.1 Å². The molecule has 0 fully saturated rings. The van der Waals surface area contributed by atoms with Crippen LogP contribution in [0.2, 0.25) is 0 Å². The van der Waals surface area contributed by atoms with Gasteiger partial charge in [0.2, 0.25) is 0 Å². The van der Waals surface area contributed by atoms with E-state index < -0.39 is 0 Å². The van der Waals surface area contributed by atoms with Gasteiger partial charge in [-0.25, -0.2) is 9.78 Å². The van der Waals surface area contributed by atoms with E-state index in [9.17, 15) is 4.79 Å². The molecule has 5 heteroatoms. The Morgan fingerprint density at radius 2 is 1.84 bits per heavy atom. The molecule has 4 aromatic rings. The topological polar surface area (TPSA) is 34.9 Å². The quantitative estimate of drug-likeness (QED) is 0.451. The predicted octanol–water partition coefficient (Wildman–Crippen LogP) is 4.89. The highest BCUT2D eigenvalue weighted by molar-refractivity contribution is 8.01. The summed E-state index contributed by atoms with van der Waals surface area (Å²) in [7, 11) is 0. The van der Waals surface area contributed by atoms with Crippen LogP contribution in [-0.4, -0.2) is 14.3 Å². The lowest BCUT2D eigenvalue weighted by Crippen LogP contribution is -2.28. The first kappa shape index (κ1) is 15.0. The third kappa shape index (κ3) is 2.29. The Labute approximate surface area is 153 Å². The van der Waals surface area contributed by atoms with E-state index in [1.165, 1.54) is 10.8 Å². The minimum absolute atomic E-state index is 0.186. The van der Waals surface area contributed by atoms with Crippen LogP contribution in [0.5, 0.6) is 0 Å². The molecule has 0 bridgehead atoms. The fraction of sp³-hybridized carbons (Fsp3) is 0.100. The SMILES string of the molecule is O=c1ncc2ccc(-c3cccc4ccccc34)c3c2n1CC(Cl)S3. The van der Waals surface area contributed by atoms with Gasteiger partial charge in [0.25, 0.3) is 0 Å². The van der Waals surface area contributed by atoms with Gasteiger partial charge in [-0.1, -0.05) is 54.6 Å². The number of fused-ring (bicyclic) bond motifs is 1. The second-order valence-corrected chi connectivity index (χ2v) is 8.08. The van der Waals surface area contributed by atoms with Crippen molar-refractivity contribution < 1.29 is 0 Å². The maximum atomic E-state index is 12.2. The lowest BCUT2D eigenvalue weighted by molar-refractivity contribution is 0.705. The molecule has 1 aromatic heterocycles. The Morgan fingerprint density at radius 1 is 1.00 bits per heavy atom. The molecule has 3 aromatic carbocycles. The number of halogens is 1. The van der Waals surface area contributed by atoms with Crippen LogP contribution >= 0.6 is 23.4 Å². The maximum Gasteiger partial charge on any atom is 0.348 e. The highest BCUT2D eigenvalue weighted by Gasteiger charge is 2.24. The van der Waals surface area contributed by atoms with Gasteiger partial charge in [0.1, 0.15) is 4.71 Å². The summed E-state index contributed by atoms with van der Waals surface area (Å²) in [5, 5.41) is 3.36. The maximum absolute atomic E-state index is 12.2. The lowest BCUT2D eigenvalue weighted by atomic mass is 9.97. The van der Waals surface area contributed by atoms with Crippen molar-refractivity contribution in [1.29, 1.82) is 0 Å². The fourth-order valence-electron chi connectivity index (χ4n) is 3.53. The van der Waals surface area contributed by atoms with E-state index in [0.717, 1.165) is 26.9 Å². The van der Waals surface area contributed by atoms with Gasteiger partial charge in [0.15, 0.2) is 0 Å². The molecule has 0 radical (unpaired) electrons. The summed E-state index contributed by atoms with van der Waals surface area (Å²) < 4.78 is 1.52. The lowest BCUT2D eigenvalue weighted by Gasteiger charge is -2.24. The monoisotopic (exact) mass is 364 g/mol. The second kappa shape index (κ2) is 5.61. The number of aromatic nitrogens is 2. The zero-order chi connectivity index (χ0) is 17.0. The van der Waals surface area contributed by atoms with Crippen molar-refractivity contribution in [2.24, 2.45) is 0 Å². The molecule has 1 aliphatic heterocycles. The number of rotatable bonds is 1. The van der Waals surface area contributed by atoms with Crippen LogP contribution < -0.4 is 5.69 Å². The zero-order valence-corrected chi connectivity index (χ0v) is 14.7. The molecule has 0 amide bonds. The van der Waals surface area contributed by atoms with Crippen molar-refractivity contribution >= 4 is 45.0 Å². The van der Waals surface area contributed by atoms with E-state index in [-0.39, 0.29) is 10.4 Å². The number of benzene rings is 3. The molecule has 1 aliphatic rings. The predicted molar refractivity (Wildman–Crippen MR) is 104 cm³/mol. The van der Waals surface area contributed by atoms with Gasteiger partial charge in [-0.2, -0.15) is 0 Å². The number of thioether (sulfide) groups is 1. The minimum atomic E-state index is -0.241. The van der Waals surface area contributed by atoms with Crippen molar-refractivity contribution in [3.63, 3.8) is 0 Å². The molecule has 1 unspecified atom stereocenters. The van der Waals surface area contributed by atoms with Crippen molar-refractivity contribution in [2.45, 2.75) is 16.1 Å². The van der Waals surface area contributed by atoms with Crippen molar-refractivity contribution in [3.05, 3.63) is 71.3 Å². The standard InChI is InChI=1S/C20H13ClN2OS/c21-17-11-23-18-13(10-22-20(23)24)8-9-16(19(18)25-17)15-7-3-5-12-4-1-2-6-14(12)15/h1-10,17H,11H2. The molecule has 2 heterocycles. The number of nitrogens with zero attached hydrogens (tertiary/aromatic N) is 2. The molecule has 0 saturated heterocycles. The molecule has 0 N–H and O–H groups in total. The average Bonchev–Trinajstić information content (AvgIpc) is 2.64. The first-order chi connectivity index (χ1) is 12.2. The van der Waals surface area contributed by atoms with Gasteiger partial charge >= 0.3 is 5.69 Å². The normalized spacial score (nSPS) is 16.4. The fourth-order valence-corrected chi connectivity index (χ4v) is 5.06. The van der Waals surface area contributed by atoms with Crippen LogP contribution in [0.4, 0.5) is 0 Å². The largest absolute Gasteiger partial charge is 0.348 e. The Kier molecular flexibility index (Phi) is 3.37. The third-order valence-electron chi connectivity index (χ3n) is 4.63. The minimum Gasteiger partial charge on any atom is -0.288 e. The van der Waals surface area contributed by atoms with E-state index in [4.69, 9.17) is 11.6 Å². The Balaban J connectivity index is 1.91. The van der Waals surface area contributed by atoms with Crippen LogP contribution in [0.25, 0.3) is 32.8 Å². The summed E-state index contributed by atoms with van der Waals surface area (Å²) in [4.78, 5) is 17.3. The number of alkyl halides is 1. The summed E-state index contributed by atoms with van der Waals surface area (Å²) in [5.74, 6) is 0. The molecule has 3 nitrogen and oxygen atoms in total. The van der Waals surface area contributed by atoms with Crippen molar-refractivity contribution in [2.75, 3.05) is 0 Å². The van der Waals surface area contributed by atoms with E-state index in [2.05, 4.69) is 47.4 Å². The number of hydrogen-bond donors (Lipinski definition) is 0. The summed E-state index contributed by atoms with van der Waals surface area (Å²) in [6, 6.07) is 18.8. The molecular formula is C20H13ClN2OS. The molecule has 25 heavy (non-hydrogen) atoms. The Bertz CT molecular complexity index is 1200. The molecular weight excluding hydrogens is 352 g/mol. The van der Waals surface area contributed by atoms with Crippen molar-refractivity contribution in [3.8, 4) is 11.1 Å². The highest BCUT2D eigenvalue weighted by Crippen LogP contribution is 2.44. The summed E-state index contributed by atoms with van der Waals surface area (Å²) in [6.07, 6.45) is 1.65. The van der Waals surface area contributed by atoms with Gasteiger partial charge in [0.05, 0.1) is 12.1 Å². The zero-order valence-electron chi connectivity index (χ0n) is 13.1. The molecule has 5 rings (SSSR count). The molecule has 0 saturated carbocycles. The second-order valence-electron chi connectivity index (χ2n) is 6.09. The van der Waals surface area contributed by atoms with Crippen LogP contribution in [0, 0.1) is 0 Å². The van der Waals surface area contributed by atoms with E-state index in [1.54, 1.807) is 22.5 Å². The van der Waals surface area contributed by atoms with Gasteiger partial charge in [0, 0.05) is 16.5 Å². The van der Waals surface area contributed by atoms with Gasteiger partial charge in [-0.3, -0.25) is 4.57 Å². The first-order valence-corrected chi connectivity index (χ1v) is 9.35. The average molecular weight is 365 g/mol. The third-order valence-corrected chi connectivity index (χ3v) is 6.09. The molecule has 122 valence electrons. The Morgan fingerprint density at radius 3 is 2.76 bits per heavy atom. The van der Waals surface area contributed by atoms with Crippen LogP contribution in [0.1, 0.15) is 0 Å². The smallest absolute Gasteiger partial charge is 0.288 e. The molecule has 0 spiro atoms. The summed E-state index contributed by atoms with van der Waals surface area (Å²) >= 11 is 8.08. The molecule has 1 atom stereocenters. The molecule has 0 aliphatic carbocycles. The van der Waals surface area contributed by atoms with E-state index >= 15 is 0 Å². The van der Waals surface area contributed by atoms with Gasteiger partial charge < -0.3 is 0 Å². The van der Waals surface area contributed by atoms with Crippen LogP contribution in [0.15, 0.2) is 70.5 Å². The number of hydrogen-bond acceptors (Lipinski definition) is 3. The van der Waals surface area contributed by atoms with E-state index in [0.29, 0.717) is 6.54 Å². The Hall–Kier alpha value is -2.30. The summed E-state index contributed by atoms with van der Waals surface area (Å²) in [5.41, 5.74) is 2.96. The van der Waals surface area contributed by atoms with Crippen LogP contribution in [-0.2, 0) is 6.54 Å². The summed E-state index contributed by atoms with van der Waals surface area (Å²) in [6.45, 7) is 0.474. The van der Waals surface area contributed by atoms with Gasteiger partial charge in [-0.05, 0) is 21.9 Å². The first-order valence-electron chi connectivity index (χ1n) is 8.04. The van der Waals surface area contributed by atoms with Crippen LogP contribution in [0.3, 0.4) is 0 Å².